The average Bonchev–Trinajstić information content (AvgIpc) is 2.22. The summed E-state index contributed by atoms with van der Waals surface area (Å²) in [7, 11) is 0. The maximum atomic E-state index is 10.7. The van der Waals surface area contributed by atoms with Crippen LogP contribution in [0.2, 0.25) is 0 Å². The van der Waals surface area contributed by atoms with Gasteiger partial charge in [0.05, 0.1) is 5.60 Å². The van der Waals surface area contributed by atoms with E-state index in [9.17, 15) is 10.2 Å². The van der Waals surface area contributed by atoms with Gasteiger partial charge >= 0.3 is 0 Å². The lowest BCUT2D eigenvalue weighted by atomic mass is 9.45. The van der Waals surface area contributed by atoms with E-state index < -0.39 is 5.60 Å². The molecule has 0 unspecified atom stereocenters. The van der Waals surface area contributed by atoms with Crippen molar-refractivity contribution in [3.63, 3.8) is 0 Å². The van der Waals surface area contributed by atoms with Gasteiger partial charge in [-0.2, -0.15) is 0 Å². The van der Waals surface area contributed by atoms with Crippen LogP contribution in [0.4, 0.5) is 0 Å². The highest BCUT2D eigenvalue weighted by molar-refractivity contribution is 5.07. The fourth-order valence-electron chi connectivity index (χ4n) is 5.39. The zero-order valence-electron chi connectivity index (χ0n) is 12.5. The highest BCUT2D eigenvalue weighted by atomic mass is 16.3. The molecular weight excluding hydrogens is 224 g/mol. The molecule has 0 amide bonds. The minimum absolute atomic E-state index is 0.198. The van der Waals surface area contributed by atoms with E-state index in [1.807, 2.05) is 6.92 Å². The molecule has 106 valence electrons. The van der Waals surface area contributed by atoms with E-state index >= 15 is 0 Å². The van der Waals surface area contributed by atoms with Crippen molar-refractivity contribution in [1.29, 1.82) is 0 Å². The van der Waals surface area contributed by atoms with Crippen LogP contribution in [-0.2, 0) is 0 Å². The van der Waals surface area contributed by atoms with Crippen LogP contribution in [0.1, 0.15) is 66.2 Å². The van der Waals surface area contributed by atoms with Gasteiger partial charge in [-0.25, -0.2) is 0 Å². The molecule has 0 radical (unpaired) electrons. The summed E-state index contributed by atoms with van der Waals surface area (Å²) in [5.41, 5.74) is -0.00909. The number of hydrogen-bond acceptors (Lipinski definition) is 2. The Morgan fingerprint density at radius 1 is 1.06 bits per heavy atom. The Morgan fingerprint density at radius 3 is 2.33 bits per heavy atom. The van der Waals surface area contributed by atoms with Crippen molar-refractivity contribution < 1.29 is 10.2 Å². The second kappa shape index (κ2) is 4.49. The van der Waals surface area contributed by atoms with Crippen LogP contribution in [0.3, 0.4) is 0 Å². The number of aliphatic hydroxyl groups excluding tert-OH is 1. The molecule has 2 heteroatoms. The summed E-state index contributed by atoms with van der Waals surface area (Å²) in [6.07, 6.45) is 6.55. The van der Waals surface area contributed by atoms with Gasteiger partial charge in [0.1, 0.15) is 0 Å². The van der Waals surface area contributed by atoms with Crippen LogP contribution in [-0.4, -0.2) is 22.4 Å². The Kier molecular flexibility index (Phi) is 3.57. The van der Waals surface area contributed by atoms with Gasteiger partial charge in [0, 0.05) is 6.61 Å². The lowest BCUT2D eigenvalue weighted by Gasteiger charge is -2.61. The SMILES string of the molecule is CC1(C)CCC[C@@]2(C)[C@@H]1CC[C@](C)(O)[C@@H]2CCO. The van der Waals surface area contributed by atoms with E-state index in [0.29, 0.717) is 11.3 Å². The maximum absolute atomic E-state index is 10.7. The molecule has 2 nitrogen and oxygen atoms in total. The molecule has 0 spiro atoms. The lowest BCUT2D eigenvalue weighted by Crippen LogP contribution is -2.57. The zero-order valence-corrected chi connectivity index (χ0v) is 12.5. The summed E-state index contributed by atoms with van der Waals surface area (Å²) in [6.45, 7) is 9.34. The summed E-state index contributed by atoms with van der Waals surface area (Å²) < 4.78 is 0. The molecule has 18 heavy (non-hydrogen) atoms. The predicted molar refractivity (Wildman–Crippen MR) is 74.3 cm³/mol. The van der Waals surface area contributed by atoms with E-state index in [-0.39, 0.29) is 17.9 Å². The first kappa shape index (κ1) is 14.3. The third kappa shape index (κ3) is 2.12. The predicted octanol–water partition coefficient (Wildman–Crippen LogP) is 3.36. The third-order valence-electron chi connectivity index (χ3n) is 6.18. The van der Waals surface area contributed by atoms with E-state index in [1.54, 1.807) is 0 Å². The molecule has 2 rings (SSSR count). The maximum Gasteiger partial charge on any atom is 0.0654 e. The summed E-state index contributed by atoms with van der Waals surface area (Å²) in [4.78, 5) is 0. The van der Waals surface area contributed by atoms with Crippen LogP contribution in [0.15, 0.2) is 0 Å². The van der Waals surface area contributed by atoms with Gasteiger partial charge in [-0.1, -0.05) is 27.2 Å². The van der Waals surface area contributed by atoms with Crippen molar-refractivity contribution >= 4 is 0 Å². The molecule has 2 N–H and O–H groups in total. The van der Waals surface area contributed by atoms with Crippen molar-refractivity contribution in [3.05, 3.63) is 0 Å². The van der Waals surface area contributed by atoms with E-state index in [0.717, 1.165) is 19.3 Å². The molecule has 2 saturated carbocycles. The summed E-state index contributed by atoms with van der Waals surface area (Å²) in [5.74, 6) is 0.934. The van der Waals surface area contributed by atoms with Crippen LogP contribution in [0.25, 0.3) is 0 Å². The molecule has 0 aromatic heterocycles. The Balaban J connectivity index is 2.35. The average molecular weight is 254 g/mol. The molecule has 0 saturated heterocycles. The quantitative estimate of drug-likeness (QED) is 0.793. The first-order valence-electron chi connectivity index (χ1n) is 7.57. The summed E-state index contributed by atoms with van der Waals surface area (Å²) >= 11 is 0. The standard InChI is InChI=1S/C16H30O2/c1-14(2)8-5-9-15(3)12(14)6-10-16(4,18)13(15)7-11-17/h12-13,17-18H,5-11H2,1-4H3/t12-,13-,15+,16+/m1/s1. The monoisotopic (exact) mass is 254 g/mol. The van der Waals surface area contributed by atoms with E-state index in [2.05, 4.69) is 20.8 Å². The summed E-state index contributed by atoms with van der Waals surface area (Å²) in [5, 5.41) is 20.1. The highest BCUT2D eigenvalue weighted by Gasteiger charge is 2.57. The largest absolute Gasteiger partial charge is 0.396 e. The van der Waals surface area contributed by atoms with Crippen molar-refractivity contribution in [3.8, 4) is 0 Å². The Labute approximate surface area is 112 Å². The first-order valence-corrected chi connectivity index (χ1v) is 7.57. The number of aliphatic hydroxyl groups is 2. The van der Waals surface area contributed by atoms with Gasteiger partial charge in [0.15, 0.2) is 0 Å². The van der Waals surface area contributed by atoms with Gasteiger partial charge in [0.2, 0.25) is 0 Å². The molecule has 2 fully saturated rings. The second-order valence-corrected chi connectivity index (χ2v) is 7.86. The van der Waals surface area contributed by atoms with Gasteiger partial charge < -0.3 is 10.2 Å². The third-order valence-corrected chi connectivity index (χ3v) is 6.18. The number of rotatable bonds is 2. The summed E-state index contributed by atoms with van der Waals surface area (Å²) in [6, 6.07) is 0. The Bertz CT molecular complexity index is 308. The normalized spacial score (nSPS) is 47.7. The number of fused-ring (bicyclic) bond motifs is 1. The molecule has 2 aliphatic carbocycles. The van der Waals surface area contributed by atoms with Crippen molar-refractivity contribution in [2.24, 2.45) is 22.7 Å². The molecule has 0 aliphatic heterocycles. The van der Waals surface area contributed by atoms with Gasteiger partial charge in [0.25, 0.3) is 0 Å². The Morgan fingerprint density at radius 2 is 1.72 bits per heavy atom. The van der Waals surface area contributed by atoms with Crippen LogP contribution >= 0.6 is 0 Å². The highest BCUT2D eigenvalue weighted by Crippen LogP contribution is 2.62. The smallest absolute Gasteiger partial charge is 0.0654 e. The molecule has 4 atom stereocenters. The molecule has 2 aliphatic rings. The lowest BCUT2D eigenvalue weighted by molar-refractivity contribution is -0.171. The van der Waals surface area contributed by atoms with Crippen LogP contribution < -0.4 is 0 Å². The molecule has 0 bridgehead atoms. The molecule has 0 aromatic carbocycles. The van der Waals surface area contributed by atoms with Crippen molar-refractivity contribution in [2.45, 2.75) is 71.8 Å². The van der Waals surface area contributed by atoms with E-state index in [4.69, 9.17) is 0 Å². The molecule has 0 heterocycles. The molecular formula is C16H30O2. The van der Waals surface area contributed by atoms with Gasteiger partial charge in [-0.05, 0) is 61.7 Å². The number of hydrogen-bond donors (Lipinski definition) is 2. The van der Waals surface area contributed by atoms with Crippen LogP contribution in [0, 0.1) is 22.7 Å². The van der Waals surface area contributed by atoms with Crippen LogP contribution in [0.5, 0.6) is 0 Å². The van der Waals surface area contributed by atoms with Gasteiger partial charge in [-0.3, -0.25) is 0 Å². The first-order chi connectivity index (χ1) is 8.24. The van der Waals surface area contributed by atoms with Crippen molar-refractivity contribution in [1.82, 2.24) is 0 Å². The minimum Gasteiger partial charge on any atom is -0.396 e. The zero-order chi connectivity index (χ0) is 13.6. The topological polar surface area (TPSA) is 40.5 Å². The minimum atomic E-state index is -0.596. The second-order valence-electron chi connectivity index (χ2n) is 7.86. The fourth-order valence-corrected chi connectivity index (χ4v) is 5.39. The Hall–Kier alpha value is -0.0800. The fraction of sp³-hybridized carbons (Fsp3) is 1.00. The van der Waals surface area contributed by atoms with Crippen molar-refractivity contribution in [2.75, 3.05) is 6.61 Å². The molecule has 0 aromatic rings. The van der Waals surface area contributed by atoms with Gasteiger partial charge in [-0.15, -0.1) is 0 Å². The van der Waals surface area contributed by atoms with E-state index in [1.165, 1.54) is 19.3 Å².